The van der Waals surface area contributed by atoms with Gasteiger partial charge in [-0.3, -0.25) is 4.90 Å². The summed E-state index contributed by atoms with van der Waals surface area (Å²) >= 11 is 0. The number of hydrogen-bond acceptors (Lipinski definition) is 4. The average molecular weight is 385 g/mol. The standard InChI is InChI=1S/C12H20N4O.C3H8O.Y/c1-10-14-16(3)7-5-6-12(16)15(10)9-11(17-4)8-13-2;1-3(2)4;/h5-7,11H,8-9H2,1-4H3;3-4H,1-2H3;. The zero-order valence-corrected chi connectivity index (χ0v) is 17.4. The molecule has 0 bridgehead atoms. The van der Waals surface area contributed by atoms with E-state index in [1.165, 1.54) is 5.82 Å². The number of hydrogen-bond donors (Lipinski definition) is 1. The zero-order valence-electron chi connectivity index (χ0n) is 14.5. The van der Waals surface area contributed by atoms with Crippen molar-refractivity contribution in [2.24, 2.45) is 5.10 Å². The Labute approximate surface area is 159 Å². The molecule has 123 valence electrons. The van der Waals surface area contributed by atoms with E-state index in [1.54, 1.807) is 21.0 Å². The van der Waals surface area contributed by atoms with E-state index in [4.69, 9.17) is 9.84 Å². The molecule has 7 heteroatoms. The van der Waals surface area contributed by atoms with E-state index in [0.717, 1.165) is 12.4 Å². The van der Waals surface area contributed by atoms with Crippen LogP contribution in [0.1, 0.15) is 20.8 Å². The molecule has 0 amide bonds. The first-order valence-electron chi connectivity index (χ1n) is 7.21. The second-order valence-electron chi connectivity index (χ2n) is 5.60. The Morgan fingerprint density at radius 3 is 2.55 bits per heavy atom. The van der Waals surface area contributed by atoms with Crippen molar-refractivity contribution in [3.8, 4) is 0 Å². The van der Waals surface area contributed by atoms with Crippen molar-refractivity contribution in [3.05, 3.63) is 29.5 Å². The van der Waals surface area contributed by atoms with Crippen LogP contribution in [0.5, 0.6) is 0 Å². The Bertz CT molecular complexity index is 435. The molecule has 0 saturated carbocycles. The maximum Gasteiger partial charge on any atom is 0.241 e. The van der Waals surface area contributed by atoms with Crippen LogP contribution in [0.15, 0.2) is 29.3 Å². The predicted molar refractivity (Wildman–Crippen MR) is 85.5 cm³/mol. The van der Waals surface area contributed by atoms with E-state index >= 15 is 0 Å². The van der Waals surface area contributed by atoms with E-state index in [2.05, 4.69) is 34.6 Å². The molecular weight excluding hydrogens is 357 g/mol. The molecule has 2 unspecified atom stereocenters. The van der Waals surface area contributed by atoms with Crippen LogP contribution in [0.4, 0.5) is 0 Å². The Morgan fingerprint density at radius 2 is 2.05 bits per heavy atom. The van der Waals surface area contributed by atoms with Gasteiger partial charge in [-0.05, 0) is 20.8 Å². The monoisotopic (exact) mass is 385 g/mol. The van der Waals surface area contributed by atoms with Crippen LogP contribution in [-0.2, 0) is 37.4 Å². The first-order valence-corrected chi connectivity index (χ1v) is 7.21. The number of nitrogens with zero attached hydrogens (tertiary/aromatic N) is 4. The van der Waals surface area contributed by atoms with Gasteiger partial charge in [-0.15, -0.1) is 11.1 Å². The molecule has 2 rings (SSSR count). The van der Waals surface area contributed by atoms with Crippen LogP contribution in [0.2, 0.25) is 0 Å². The minimum absolute atomic E-state index is 0. The normalized spacial score (nSPS) is 23.4. The van der Waals surface area contributed by atoms with Crippen LogP contribution in [0.25, 0.3) is 5.32 Å². The first kappa shape index (κ1) is 21.9. The molecule has 0 fully saturated rings. The largest absolute Gasteiger partial charge is 0.663 e. The molecule has 2 aliphatic rings. The molecule has 6 nitrogen and oxygen atoms in total. The second-order valence-corrected chi connectivity index (χ2v) is 5.60. The van der Waals surface area contributed by atoms with Crippen LogP contribution in [0.3, 0.4) is 0 Å². The van der Waals surface area contributed by atoms with Gasteiger partial charge in [0.15, 0.2) is 5.84 Å². The fourth-order valence-electron chi connectivity index (χ4n) is 2.30. The smallest absolute Gasteiger partial charge is 0.241 e. The Kier molecular flexibility index (Phi) is 9.86. The van der Waals surface area contributed by atoms with Gasteiger partial charge in [0.25, 0.3) is 0 Å². The number of rotatable bonds is 5. The zero-order chi connectivity index (χ0) is 16.0. The summed E-state index contributed by atoms with van der Waals surface area (Å²) in [6.07, 6.45) is 6.17. The quantitative estimate of drug-likeness (QED) is 0.735. The number of aliphatic hydroxyl groups excluding tert-OH is 1. The van der Waals surface area contributed by atoms with Gasteiger partial charge in [0.05, 0.1) is 12.6 Å². The Morgan fingerprint density at radius 1 is 1.45 bits per heavy atom. The average Bonchev–Trinajstić information content (AvgIpc) is 2.84. The van der Waals surface area contributed by atoms with Gasteiger partial charge in [-0.1, -0.05) is 5.10 Å². The van der Waals surface area contributed by atoms with Gasteiger partial charge in [-0.2, -0.15) is 7.05 Å². The Hall–Kier alpha value is -0.106. The van der Waals surface area contributed by atoms with Gasteiger partial charge in [-0.25, -0.2) is 0 Å². The van der Waals surface area contributed by atoms with Crippen molar-refractivity contribution in [2.45, 2.75) is 33.0 Å². The van der Waals surface area contributed by atoms with Crippen molar-refractivity contribution in [1.29, 1.82) is 0 Å². The van der Waals surface area contributed by atoms with Gasteiger partial charge in [0.2, 0.25) is 5.82 Å². The summed E-state index contributed by atoms with van der Waals surface area (Å²) in [4.78, 5) is 2.21. The molecule has 0 aromatic carbocycles. The molecule has 0 aliphatic carbocycles. The van der Waals surface area contributed by atoms with Gasteiger partial charge < -0.3 is 15.2 Å². The molecular formula is C15H28N4O2Y. The Balaban J connectivity index is 0.000000791. The van der Waals surface area contributed by atoms with E-state index in [-0.39, 0.29) is 44.9 Å². The van der Waals surface area contributed by atoms with Gasteiger partial charge in [0, 0.05) is 58.1 Å². The van der Waals surface area contributed by atoms with Crippen LogP contribution in [-0.4, -0.2) is 66.9 Å². The van der Waals surface area contributed by atoms with Crippen molar-refractivity contribution in [1.82, 2.24) is 4.90 Å². The predicted octanol–water partition coefficient (Wildman–Crippen LogP) is 1.85. The molecule has 0 aromatic heterocycles. The third kappa shape index (κ3) is 5.83. The number of aliphatic hydroxyl groups is 1. The summed E-state index contributed by atoms with van der Waals surface area (Å²) in [5, 5.41) is 16.9. The third-order valence-electron chi connectivity index (χ3n) is 3.21. The third-order valence-corrected chi connectivity index (χ3v) is 3.21. The number of amidine groups is 1. The number of methoxy groups -OCH3 is 1. The molecule has 1 N–H and O–H groups in total. The number of allylic oxidation sites excluding steroid dienone is 2. The van der Waals surface area contributed by atoms with Crippen molar-refractivity contribution in [2.75, 3.05) is 34.3 Å². The van der Waals surface area contributed by atoms with E-state index in [9.17, 15) is 0 Å². The minimum Gasteiger partial charge on any atom is -0.663 e. The number of fused-ring (bicyclic) bond motifs is 1. The summed E-state index contributed by atoms with van der Waals surface area (Å²) in [5.74, 6) is 2.21. The van der Waals surface area contributed by atoms with Crippen molar-refractivity contribution < 1.29 is 47.1 Å². The molecule has 2 heterocycles. The first-order chi connectivity index (χ1) is 9.84. The van der Waals surface area contributed by atoms with E-state index < -0.39 is 0 Å². The summed E-state index contributed by atoms with van der Waals surface area (Å²) < 4.78 is 5.96. The summed E-state index contributed by atoms with van der Waals surface area (Å²) in [7, 11) is 5.62. The second kappa shape index (κ2) is 9.90. The number of likely N-dealkylation sites (N-methyl/N-ethyl adjacent to an activating group) is 1. The summed E-state index contributed by atoms with van der Waals surface area (Å²) in [5.41, 5.74) is 0. The SMILES string of the molecule is CC(C)O.C[N-]CC(CN1C2=CC=C[N+]2(C)N=C1C)OC.[Y]. The molecule has 0 spiro atoms. The van der Waals surface area contributed by atoms with Crippen molar-refractivity contribution >= 4 is 5.84 Å². The molecule has 2 aliphatic heterocycles. The summed E-state index contributed by atoms with van der Waals surface area (Å²) in [6, 6.07) is 0. The molecule has 0 saturated heterocycles. The van der Waals surface area contributed by atoms with Gasteiger partial charge in [0.1, 0.15) is 13.2 Å². The summed E-state index contributed by atoms with van der Waals surface area (Å²) in [6.45, 7) is 6.99. The van der Waals surface area contributed by atoms with Crippen molar-refractivity contribution in [3.63, 3.8) is 0 Å². The van der Waals surface area contributed by atoms with Crippen LogP contribution >= 0.6 is 0 Å². The van der Waals surface area contributed by atoms with E-state index in [1.807, 2.05) is 20.0 Å². The fourth-order valence-corrected chi connectivity index (χ4v) is 2.30. The van der Waals surface area contributed by atoms with Crippen LogP contribution in [0, 0.1) is 0 Å². The molecule has 22 heavy (non-hydrogen) atoms. The van der Waals surface area contributed by atoms with E-state index in [0.29, 0.717) is 11.1 Å². The topological polar surface area (TPSA) is 59.2 Å². The number of quaternary nitrogens is 1. The maximum atomic E-state index is 8.06. The molecule has 2 atom stereocenters. The fraction of sp³-hybridized carbons (Fsp3) is 0.667. The van der Waals surface area contributed by atoms with Crippen LogP contribution < -0.4 is 0 Å². The maximum absolute atomic E-state index is 8.06. The minimum atomic E-state index is -0.167. The molecule has 0 aromatic rings. The van der Waals surface area contributed by atoms with Gasteiger partial charge >= 0.3 is 0 Å². The molecule has 1 radical (unpaired) electrons. The number of ether oxygens (including phenoxy) is 1.